The number of piperazine rings is 1. The Balaban J connectivity index is 1.39. The van der Waals surface area contributed by atoms with Crippen LogP contribution in [0.5, 0.6) is 0 Å². The van der Waals surface area contributed by atoms with Crippen LogP contribution in [0.3, 0.4) is 0 Å². The Morgan fingerprint density at radius 2 is 1.52 bits per heavy atom. The standard InChI is InChI=1S/C22H26N6O2S/c1-17-4-6-20(7-5-17)10-15-31(29,30)27-13-11-26(12-14-27)21-8-9-22(24-23-21)28-19(3)16-18(2)25-28/h4-10,15-16H,11-14H2,1-3H3/b15-10+. The van der Waals surface area contributed by atoms with Crippen LogP contribution in [-0.4, -0.2) is 58.9 Å². The van der Waals surface area contributed by atoms with Crippen molar-refractivity contribution in [3.05, 3.63) is 70.4 Å². The SMILES string of the molecule is Cc1ccc(/C=C/S(=O)(=O)N2CCN(c3ccc(-n4nc(C)cc4C)nn3)CC2)cc1. The zero-order valence-electron chi connectivity index (χ0n) is 17.9. The number of rotatable bonds is 5. The van der Waals surface area contributed by atoms with E-state index < -0.39 is 10.0 Å². The Bertz CT molecular complexity index is 1180. The van der Waals surface area contributed by atoms with Gasteiger partial charge in [-0.15, -0.1) is 10.2 Å². The molecule has 0 amide bonds. The number of anilines is 1. The van der Waals surface area contributed by atoms with Gasteiger partial charge in [0.15, 0.2) is 11.6 Å². The van der Waals surface area contributed by atoms with E-state index in [9.17, 15) is 8.42 Å². The monoisotopic (exact) mass is 438 g/mol. The van der Waals surface area contributed by atoms with Gasteiger partial charge in [0.05, 0.1) is 5.69 Å². The predicted octanol–water partition coefficient (Wildman–Crippen LogP) is 2.71. The first-order valence-electron chi connectivity index (χ1n) is 10.2. The van der Waals surface area contributed by atoms with Crippen molar-refractivity contribution in [3.63, 3.8) is 0 Å². The molecule has 1 aromatic carbocycles. The second kappa shape index (κ2) is 8.60. The van der Waals surface area contributed by atoms with Crippen LogP contribution in [-0.2, 0) is 10.0 Å². The lowest BCUT2D eigenvalue weighted by Crippen LogP contribution is -2.48. The van der Waals surface area contributed by atoms with Gasteiger partial charge in [-0.05, 0) is 50.6 Å². The third-order valence-electron chi connectivity index (χ3n) is 5.30. The molecule has 8 nitrogen and oxygen atoms in total. The molecule has 0 saturated carbocycles. The number of hydrogen-bond acceptors (Lipinski definition) is 6. The largest absolute Gasteiger partial charge is 0.352 e. The topological polar surface area (TPSA) is 84.2 Å². The Hall–Kier alpha value is -3.04. The van der Waals surface area contributed by atoms with E-state index in [2.05, 4.69) is 15.3 Å². The molecule has 1 saturated heterocycles. The van der Waals surface area contributed by atoms with E-state index in [-0.39, 0.29) is 0 Å². The minimum atomic E-state index is -3.46. The molecular weight excluding hydrogens is 412 g/mol. The van der Waals surface area contributed by atoms with E-state index in [4.69, 9.17) is 0 Å². The maximum Gasteiger partial charge on any atom is 0.236 e. The second-order valence-corrected chi connectivity index (χ2v) is 9.55. The van der Waals surface area contributed by atoms with Crippen LogP contribution >= 0.6 is 0 Å². The summed E-state index contributed by atoms with van der Waals surface area (Å²) in [6, 6.07) is 13.5. The van der Waals surface area contributed by atoms with Crippen molar-refractivity contribution in [3.8, 4) is 5.82 Å². The fraction of sp³-hybridized carbons (Fsp3) is 0.318. The molecule has 3 aromatic rings. The van der Waals surface area contributed by atoms with Crippen LogP contribution in [0.25, 0.3) is 11.9 Å². The summed E-state index contributed by atoms with van der Waals surface area (Å²) in [4.78, 5) is 2.05. The van der Waals surface area contributed by atoms with Crippen molar-refractivity contribution in [1.82, 2.24) is 24.3 Å². The van der Waals surface area contributed by atoms with E-state index in [1.54, 1.807) is 10.8 Å². The van der Waals surface area contributed by atoms with E-state index >= 15 is 0 Å². The van der Waals surface area contributed by atoms with Gasteiger partial charge in [-0.1, -0.05) is 29.8 Å². The number of nitrogens with zero attached hydrogens (tertiary/aromatic N) is 6. The summed E-state index contributed by atoms with van der Waals surface area (Å²) in [6.07, 6.45) is 1.64. The molecule has 2 aromatic heterocycles. The van der Waals surface area contributed by atoms with E-state index in [1.165, 1.54) is 9.71 Å². The maximum atomic E-state index is 12.7. The number of hydrogen-bond donors (Lipinski definition) is 0. The van der Waals surface area contributed by atoms with Gasteiger partial charge in [-0.25, -0.2) is 13.1 Å². The summed E-state index contributed by atoms with van der Waals surface area (Å²) in [5, 5.41) is 14.3. The Labute approximate surface area is 182 Å². The number of sulfonamides is 1. The predicted molar refractivity (Wildman–Crippen MR) is 122 cm³/mol. The lowest BCUT2D eigenvalue weighted by molar-refractivity contribution is 0.388. The van der Waals surface area contributed by atoms with Gasteiger partial charge in [0.1, 0.15) is 0 Å². The quantitative estimate of drug-likeness (QED) is 0.609. The van der Waals surface area contributed by atoms with Crippen molar-refractivity contribution in [2.24, 2.45) is 0 Å². The van der Waals surface area contributed by atoms with Crippen molar-refractivity contribution < 1.29 is 8.42 Å². The highest BCUT2D eigenvalue weighted by molar-refractivity contribution is 7.92. The molecule has 0 aliphatic carbocycles. The van der Waals surface area contributed by atoms with Gasteiger partial charge in [-0.2, -0.15) is 9.40 Å². The lowest BCUT2D eigenvalue weighted by Gasteiger charge is -2.33. The Kier molecular flexibility index (Phi) is 5.88. The summed E-state index contributed by atoms with van der Waals surface area (Å²) >= 11 is 0. The molecule has 0 radical (unpaired) electrons. The first kappa shape index (κ1) is 21.2. The maximum absolute atomic E-state index is 12.7. The molecule has 0 N–H and O–H groups in total. The summed E-state index contributed by atoms with van der Waals surface area (Å²) in [5.74, 6) is 1.40. The molecule has 0 bridgehead atoms. The van der Waals surface area contributed by atoms with Crippen LogP contribution in [0.1, 0.15) is 22.5 Å². The van der Waals surface area contributed by atoms with E-state index in [0.29, 0.717) is 32.0 Å². The van der Waals surface area contributed by atoms with Crippen molar-refractivity contribution in [1.29, 1.82) is 0 Å². The molecular formula is C22H26N6O2S. The van der Waals surface area contributed by atoms with E-state index in [1.807, 2.05) is 68.1 Å². The summed E-state index contributed by atoms with van der Waals surface area (Å²) < 4.78 is 28.6. The Morgan fingerprint density at radius 3 is 2.10 bits per heavy atom. The minimum absolute atomic E-state index is 0.404. The van der Waals surface area contributed by atoms with Gasteiger partial charge < -0.3 is 4.90 Å². The number of aryl methyl sites for hydroxylation is 3. The average Bonchev–Trinajstić information content (AvgIpc) is 3.11. The van der Waals surface area contributed by atoms with Crippen molar-refractivity contribution >= 4 is 21.9 Å². The van der Waals surface area contributed by atoms with Crippen molar-refractivity contribution in [2.75, 3.05) is 31.1 Å². The highest BCUT2D eigenvalue weighted by Gasteiger charge is 2.25. The normalized spacial score (nSPS) is 15.6. The van der Waals surface area contributed by atoms with Gasteiger partial charge in [0, 0.05) is 37.3 Å². The van der Waals surface area contributed by atoms with Gasteiger partial charge >= 0.3 is 0 Å². The molecule has 31 heavy (non-hydrogen) atoms. The molecule has 1 fully saturated rings. The molecule has 0 spiro atoms. The first-order valence-corrected chi connectivity index (χ1v) is 11.7. The Morgan fingerprint density at radius 1 is 0.871 bits per heavy atom. The third-order valence-corrected chi connectivity index (χ3v) is 6.86. The molecule has 0 unspecified atom stereocenters. The minimum Gasteiger partial charge on any atom is -0.352 e. The summed E-state index contributed by atoms with van der Waals surface area (Å²) in [6.45, 7) is 7.85. The van der Waals surface area contributed by atoms with Crippen LogP contribution < -0.4 is 4.90 Å². The van der Waals surface area contributed by atoms with Gasteiger partial charge in [-0.3, -0.25) is 0 Å². The van der Waals surface area contributed by atoms with Gasteiger partial charge in [0.25, 0.3) is 0 Å². The lowest BCUT2D eigenvalue weighted by atomic mass is 10.2. The zero-order valence-corrected chi connectivity index (χ0v) is 18.7. The van der Waals surface area contributed by atoms with Crippen molar-refractivity contribution in [2.45, 2.75) is 20.8 Å². The highest BCUT2D eigenvalue weighted by Crippen LogP contribution is 2.18. The molecule has 4 rings (SSSR count). The van der Waals surface area contributed by atoms with E-state index in [0.717, 1.165) is 28.3 Å². The van der Waals surface area contributed by atoms with Crippen LogP contribution in [0, 0.1) is 20.8 Å². The second-order valence-electron chi connectivity index (χ2n) is 7.73. The molecule has 162 valence electrons. The number of aromatic nitrogens is 4. The fourth-order valence-electron chi connectivity index (χ4n) is 3.56. The van der Waals surface area contributed by atoms with Crippen LogP contribution in [0.2, 0.25) is 0 Å². The average molecular weight is 439 g/mol. The van der Waals surface area contributed by atoms with Crippen LogP contribution in [0.4, 0.5) is 5.82 Å². The first-order chi connectivity index (χ1) is 14.8. The fourth-order valence-corrected chi connectivity index (χ4v) is 4.73. The highest BCUT2D eigenvalue weighted by atomic mass is 32.2. The number of benzene rings is 1. The molecule has 1 aliphatic heterocycles. The zero-order chi connectivity index (χ0) is 22.0. The van der Waals surface area contributed by atoms with Crippen LogP contribution in [0.15, 0.2) is 47.9 Å². The van der Waals surface area contributed by atoms with Gasteiger partial charge in [0.2, 0.25) is 10.0 Å². The molecule has 1 aliphatic rings. The summed E-state index contributed by atoms with van der Waals surface area (Å²) in [5.41, 5.74) is 3.93. The molecule has 9 heteroatoms. The molecule has 3 heterocycles. The molecule has 0 atom stereocenters. The third kappa shape index (κ3) is 4.83. The summed E-state index contributed by atoms with van der Waals surface area (Å²) in [7, 11) is -3.46. The smallest absolute Gasteiger partial charge is 0.236 e.